The highest BCUT2D eigenvalue weighted by atomic mass is 16.8. The Hall–Kier alpha value is -3.28. The number of imidazole rings is 1. The van der Waals surface area contributed by atoms with Crippen LogP contribution in [0.25, 0.3) is 11.2 Å². The minimum atomic E-state index is -0.862. The highest BCUT2D eigenvalue weighted by Crippen LogP contribution is 2.43. The van der Waals surface area contributed by atoms with Gasteiger partial charge in [-0.2, -0.15) is 4.98 Å². The number of nitrogens with zero attached hydrogens (tertiary/aromatic N) is 3. The van der Waals surface area contributed by atoms with Gasteiger partial charge in [-0.3, -0.25) is 14.3 Å². The Morgan fingerprint density at radius 3 is 2.77 bits per heavy atom. The van der Waals surface area contributed by atoms with Crippen LogP contribution in [-0.2, 0) is 18.9 Å². The fourth-order valence-electron chi connectivity index (χ4n) is 3.96. The molecule has 0 unspecified atom stereocenters. The van der Waals surface area contributed by atoms with Crippen LogP contribution in [0.2, 0.25) is 0 Å². The van der Waals surface area contributed by atoms with Gasteiger partial charge in [0, 0.05) is 0 Å². The van der Waals surface area contributed by atoms with Crippen LogP contribution in [0.5, 0.6) is 0 Å². The number of anilines is 1. The number of benzene rings is 1. The zero-order valence-corrected chi connectivity index (χ0v) is 16.8. The molecular formula is C20H21N5O6. The molecule has 4 heterocycles. The fourth-order valence-corrected chi connectivity index (χ4v) is 3.96. The number of nitrogens with one attached hydrogen (secondary N) is 1. The number of hydrogen-bond acceptors (Lipinski definition) is 9. The zero-order valence-electron chi connectivity index (χ0n) is 16.8. The van der Waals surface area contributed by atoms with Gasteiger partial charge < -0.3 is 24.7 Å². The number of hydrogen-bond donors (Lipinski definition) is 2. The van der Waals surface area contributed by atoms with E-state index in [9.17, 15) is 9.59 Å². The minimum Gasteiger partial charge on any atom is -0.459 e. The van der Waals surface area contributed by atoms with Crippen LogP contribution in [0.1, 0.15) is 30.4 Å². The number of nitrogens with two attached hydrogens (primary N) is 1. The summed E-state index contributed by atoms with van der Waals surface area (Å²) in [6.45, 7) is 3.55. The molecule has 0 aliphatic carbocycles. The van der Waals surface area contributed by atoms with Crippen molar-refractivity contribution in [3.8, 4) is 0 Å². The van der Waals surface area contributed by atoms with Crippen LogP contribution in [0, 0.1) is 0 Å². The molecule has 0 radical (unpaired) electrons. The molecule has 1 aromatic carbocycles. The third kappa shape index (κ3) is 3.46. The molecule has 11 nitrogen and oxygen atoms in total. The number of aromatic nitrogens is 4. The number of nitrogen functional groups attached to an aromatic ring is 1. The van der Waals surface area contributed by atoms with Crippen molar-refractivity contribution in [2.45, 2.75) is 44.2 Å². The molecule has 0 bridgehead atoms. The summed E-state index contributed by atoms with van der Waals surface area (Å²) >= 11 is 0. The Labute approximate surface area is 176 Å². The third-order valence-electron chi connectivity index (χ3n) is 5.24. The Morgan fingerprint density at radius 2 is 2.00 bits per heavy atom. The number of aromatic amines is 1. The molecule has 2 saturated heterocycles. The van der Waals surface area contributed by atoms with Crippen molar-refractivity contribution in [3.63, 3.8) is 0 Å². The van der Waals surface area contributed by atoms with Gasteiger partial charge in [0.2, 0.25) is 5.95 Å². The van der Waals surface area contributed by atoms with E-state index in [2.05, 4.69) is 15.0 Å². The zero-order chi connectivity index (χ0) is 21.8. The lowest BCUT2D eigenvalue weighted by atomic mass is 10.1. The molecule has 0 amide bonds. The van der Waals surface area contributed by atoms with Crippen molar-refractivity contribution in [1.82, 2.24) is 19.5 Å². The van der Waals surface area contributed by atoms with Crippen LogP contribution < -0.4 is 11.3 Å². The highest BCUT2D eigenvalue weighted by molar-refractivity contribution is 5.89. The number of esters is 1. The maximum atomic E-state index is 12.4. The highest BCUT2D eigenvalue weighted by Gasteiger charge is 2.56. The first-order valence-electron chi connectivity index (χ1n) is 9.78. The van der Waals surface area contributed by atoms with Crippen molar-refractivity contribution in [3.05, 3.63) is 52.6 Å². The van der Waals surface area contributed by atoms with Gasteiger partial charge in [0.15, 0.2) is 23.2 Å². The number of carbonyl (C=O) groups excluding carboxylic acids is 1. The molecule has 2 aliphatic heterocycles. The van der Waals surface area contributed by atoms with Gasteiger partial charge in [-0.1, -0.05) is 18.2 Å². The largest absolute Gasteiger partial charge is 0.459 e. The van der Waals surface area contributed by atoms with Crippen molar-refractivity contribution in [2.24, 2.45) is 0 Å². The molecule has 3 aromatic rings. The van der Waals surface area contributed by atoms with Crippen LogP contribution in [-0.4, -0.2) is 56.2 Å². The van der Waals surface area contributed by atoms with E-state index >= 15 is 0 Å². The van der Waals surface area contributed by atoms with E-state index in [4.69, 9.17) is 24.7 Å². The first-order chi connectivity index (χ1) is 14.8. The summed E-state index contributed by atoms with van der Waals surface area (Å²) in [5.74, 6) is -1.36. The van der Waals surface area contributed by atoms with Gasteiger partial charge in [0.25, 0.3) is 5.56 Å². The molecule has 31 heavy (non-hydrogen) atoms. The molecule has 2 aliphatic rings. The number of ether oxygens (including phenoxy) is 4. The van der Waals surface area contributed by atoms with Crippen molar-refractivity contribution >= 4 is 23.1 Å². The smallest absolute Gasteiger partial charge is 0.338 e. The predicted octanol–water partition coefficient (Wildman–Crippen LogP) is 0.976. The van der Waals surface area contributed by atoms with Crippen LogP contribution in [0.3, 0.4) is 0 Å². The predicted molar refractivity (Wildman–Crippen MR) is 107 cm³/mol. The SMILES string of the molecule is CC1(C)O[C@@H]2[C@H](O1)[C@@H](COC(=O)c1ccccc1)O[C@H]2n1cnc2c(=O)[nH]c(N)nc21. The van der Waals surface area contributed by atoms with Gasteiger partial charge in [-0.05, 0) is 26.0 Å². The van der Waals surface area contributed by atoms with Gasteiger partial charge in [-0.15, -0.1) is 0 Å². The molecule has 2 fully saturated rings. The molecule has 11 heteroatoms. The second kappa shape index (κ2) is 7.15. The van der Waals surface area contributed by atoms with E-state index in [-0.39, 0.29) is 23.7 Å². The molecule has 0 saturated carbocycles. The van der Waals surface area contributed by atoms with Crippen LogP contribution >= 0.6 is 0 Å². The Balaban J connectivity index is 1.42. The van der Waals surface area contributed by atoms with E-state index in [1.54, 1.807) is 42.7 Å². The van der Waals surface area contributed by atoms with E-state index in [0.29, 0.717) is 5.56 Å². The number of fused-ring (bicyclic) bond motifs is 2. The van der Waals surface area contributed by atoms with Gasteiger partial charge in [-0.25, -0.2) is 9.78 Å². The summed E-state index contributed by atoms with van der Waals surface area (Å²) < 4.78 is 25.3. The third-order valence-corrected chi connectivity index (χ3v) is 5.24. The Bertz CT molecular complexity index is 1190. The van der Waals surface area contributed by atoms with Crippen LogP contribution in [0.4, 0.5) is 5.95 Å². The normalized spacial score (nSPS) is 26.8. The lowest BCUT2D eigenvalue weighted by Crippen LogP contribution is -2.33. The summed E-state index contributed by atoms with van der Waals surface area (Å²) in [6, 6.07) is 8.69. The maximum absolute atomic E-state index is 12.4. The maximum Gasteiger partial charge on any atom is 0.338 e. The van der Waals surface area contributed by atoms with Crippen molar-refractivity contribution < 1.29 is 23.7 Å². The van der Waals surface area contributed by atoms with Crippen molar-refractivity contribution in [1.29, 1.82) is 0 Å². The lowest BCUT2D eigenvalue weighted by Gasteiger charge is -2.24. The van der Waals surface area contributed by atoms with E-state index < -0.39 is 41.9 Å². The standard InChI is InChI=1S/C20H21N5O6/c1-20(2)30-13-11(8-28-18(27)10-6-4-3-5-7-10)29-17(14(13)31-20)25-9-22-12-15(25)23-19(21)24-16(12)26/h3-7,9,11,13-14,17H,8H2,1-2H3,(H3,21,23,24,26)/t11-,13-,14-,17-/m1/s1. The topological polar surface area (TPSA) is 144 Å². The summed E-state index contributed by atoms with van der Waals surface area (Å²) in [7, 11) is 0. The molecule has 3 N–H and O–H groups in total. The summed E-state index contributed by atoms with van der Waals surface area (Å²) in [5.41, 5.74) is 6.09. The van der Waals surface area contributed by atoms with E-state index in [1.807, 2.05) is 6.07 Å². The Kier molecular flexibility index (Phi) is 4.54. The summed E-state index contributed by atoms with van der Waals surface area (Å²) in [4.78, 5) is 35.2. The van der Waals surface area contributed by atoms with Gasteiger partial charge in [0.05, 0.1) is 11.9 Å². The Morgan fingerprint density at radius 1 is 1.26 bits per heavy atom. The number of carbonyl (C=O) groups is 1. The average molecular weight is 427 g/mol. The van der Waals surface area contributed by atoms with Gasteiger partial charge in [0.1, 0.15) is 24.9 Å². The minimum absolute atomic E-state index is 0.0341. The fraction of sp³-hybridized carbons (Fsp3) is 0.400. The first-order valence-corrected chi connectivity index (χ1v) is 9.78. The average Bonchev–Trinajstić information content (AvgIpc) is 3.38. The number of rotatable bonds is 4. The summed E-state index contributed by atoms with van der Waals surface area (Å²) in [5, 5.41) is 0. The van der Waals surface area contributed by atoms with E-state index in [0.717, 1.165) is 0 Å². The van der Waals surface area contributed by atoms with Gasteiger partial charge >= 0.3 is 5.97 Å². The molecule has 4 atom stereocenters. The molecule has 162 valence electrons. The quantitative estimate of drug-likeness (QED) is 0.582. The number of H-pyrrole nitrogens is 1. The first kappa shape index (κ1) is 19.7. The molecular weight excluding hydrogens is 406 g/mol. The second-order valence-electron chi connectivity index (χ2n) is 7.87. The second-order valence-corrected chi connectivity index (χ2v) is 7.87. The van der Waals surface area contributed by atoms with Crippen molar-refractivity contribution in [2.75, 3.05) is 12.3 Å². The van der Waals surface area contributed by atoms with Crippen LogP contribution in [0.15, 0.2) is 41.5 Å². The summed E-state index contributed by atoms with van der Waals surface area (Å²) in [6.07, 6.45) is -0.885. The monoisotopic (exact) mass is 427 g/mol. The van der Waals surface area contributed by atoms with E-state index in [1.165, 1.54) is 6.33 Å². The molecule has 5 rings (SSSR count). The molecule has 2 aromatic heterocycles. The lowest BCUT2D eigenvalue weighted by molar-refractivity contribution is -0.199. The molecule has 0 spiro atoms.